The van der Waals surface area contributed by atoms with E-state index in [0.717, 1.165) is 10.5 Å². The first-order valence-electron chi connectivity index (χ1n) is 4.60. The maximum absolute atomic E-state index is 4.45. The standard InChI is InChI=1S/C13H16S/c1-5-10(2)13(3,4)11-8-6-7-9-12(11)14/h5-9,14H,1-2H2,3-4H3. The van der Waals surface area contributed by atoms with Gasteiger partial charge in [0.05, 0.1) is 0 Å². The van der Waals surface area contributed by atoms with E-state index in [1.807, 2.05) is 18.2 Å². The molecule has 0 aliphatic heterocycles. The third-order valence-corrected chi connectivity index (χ3v) is 3.02. The van der Waals surface area contributed by atoms with Crippen molar-refractivity contribution in [2.24, 2.45) is 0 Å². The third-order valence-electron chi connectivity index (χ3n) is 2.63. The van der Waals surface area contributed by atoms with Crippen LogP contribution in [-0.4, -0.2) is 0 Å². The molecule has 0 spiro atoms. The Morgan fingerprint density at radius 2 is 1.93 bits per heavy atom. The van der Waals surface area contributed by atoms with Crippen molar-refractivity contribution in [2.75, 3.05) is 0 Å². The molecule has 1 aromatic rings. The molecule has 1 heteroatoms. The second-order valence-corrected chi connectivity index (χ2v) is 4.35. The Bertz CT molecular complexity index is 361. The first-order chi connectivity index (χ1) is 6.50. The van der Waals surface area contributed by atoms with Crippen LogP contribution in [0.4, 0.5) is 0 Å². The lowest BCUT2D eigenvalue weighted by Gasteiger charge is -2.27. The molecular weight excluding hydrogens is 188 g/mol. The van der Waals surface area contributed by atoms with Gasteiger partial charge in [0.1, 0.15) is 0 Å². The fourth-order valence-electron chi connectivity index (χ4n) is 1.43. The topological polar surface area (TPSA) is 0 Å². The van der Waals surface area contributed by atoms with Crippen LogP contribution in [0.25, 0.3) is 0 Å². The lowest BCUT2D eigenvalue weighted by Crippen LogP contribution is -2.19. The molecule has 74 valence electrons. The van der Waals surface area contributed by atoms with Gasteiger partial charge in [0.2, 0.25) is 0 Å². The lowest BCUT2D eigenvalue weighted by molar-refractivity contribution is 0.628. The van der Waals surface area contributed by atoms with Gasteiger partial charge >= 0.3 is 0 Å². The molecule has 0 fully saturated rings. The summed E-state index contributed by atoms with van der Waals surface area (Å²) in [6, 6.07) is 8.08. The molecule has 0 nitrogen and oxygen atoms in total. The van der Waals surface area contributed by atoms with Gasteiger partial charge in [-0.05, 0) is 17.2 Å². The van der Waals surface area contributed by atoms with E-state index in [4.69, 9.17) is 0 Å². The minimum Gasteiger partial charge on any atom is -0.143 e. The number of hydrogen-bond donors (Lipinski definition) is 1. The number of benzene rings is 1. The fourth-order valence-corrected chi connectivity index (χ4v) is 1.87. The molecule has 0 saturated heterocycles. The van der Waals surface area contributed by atoms with Gasteiger partial charge in [0, 0.05) is 10.3 Å². The summed E-state index contributed by atoms with van der Waals surface area (Å²) in [7, 11) is 0. The zero-order valence-corrected chi connectivity index (χ0v) is 9.64. The van der Waals surface area contributed by atoms with E-state index in [2.05, 4.69) is 45.7 Å². The molecule has 0 bridgehead atoms. The summed E-state index contributed by atoms with van der Waals surface area (Å²) in [6.07, 6.45) is 1.81. The smallest absolute Gasteiger partial charge is 0.0151 e. The van der Waals surface area contributed by atoms with E-state index in [1.54, 1.807) is 6.08 Å². The molecule has 0 unspecified atom stereocenters. The first-order valence-corrected chi connectivity index (χ1v) is 5.05. The van der Waals surface area contributed by atoms with Crippen LogP contribution in [0, 0.1) is 0 Å². The van der Waals surface area contributed by atoms with Gasteiger partial charge in [0.25, 0.3) is 0 Å². The van der Waals surface area contributed by atoms with E-state index in [0.29, 0.717) is 0 Å². The Morgan fingerprint density at radius 3 is 2.43 bits per heavy atom. The van der Waals surface area contributed by atoms with Crippen LogP contribution >= 0.6 is 12.6 Å². The quantitative estimate of drug-likeness (QED) is 0.558. The van der Waals surface area contributed by atoms with Crippen molar-refractivity contribution in [3.63, 3.8) is 0 Å². The van der Waals surface area contributed by atoms with Gasteiger partial charge in [-0.15, -0.1) is 12.6 Å². The van der Waals surface area contributed by atoms with Crippen LogP contribution in [0.5, 0.6) is 0 Å². The maximum atomic E-state index is 4.45. The van der Waals surface area contributed by atoms with Crippen molar-refractivity contribution in [1.82, 2.24) is 0 Å². The number of thiol groups is 1. The zero-order chi connectivity index (χ0) is 10.8. The van der Waals surface area contributed by atoms with Crippen LogP contribution < -0.4 is 0 Å². The number of hydrogen-bond acceptors (Lipinski definition) is 1. The van der Waals surface area contributed by atoms with Crippen molar-refractivity contribution in [3.05, 3.63) is 54.6 Å². The Kier molecular flexibility index (Phi) is 3.22. The van der Waals surface area contributed by atoms with E-state index < -0.39 is 0 Å². The lowest BCUT2D eigenvalue weighted by atomic mass is 9.78. The number of rotatable bonds is 3. The highest BCUT2D eigenvalue weighted by Crippen LogP contribution is 2.34. The van der Waals surface area contributed by atoms with Crippen molar-refractivity contribution >= 4 is 12.6 Å². The highest BCUT2D eigenvalue weighted by atomic mass is 32.1. The van der Waals surface area contributed by atoms with Crippen molar-refractivity contribution in [1.29, 1.82) is 0 Å². The Morgan fingerprint density at radius 1 is 1.36 bits per heavy atom. The summed E-state index contributed by atoms with van der Waals surface area (Å²) in [4.78, 5) is 1.00. The fraction of sp³-hybridized carbons (Fsp3) is 0.231. The van der Waals surface area contributed by atoms with Crippen LogP contribution in [-0.2, 0) is 5.41 Å². The summed E-state index contributed by atoms with van der Waals surface area (Å²) in [5.41, 5.74) is 2.10. The normalized spacial score (nSPS) is 11.1. The Hall–Kier alpha value is -0.950. The van der Waals surface area contributed by atoms with Gasteiger partial charge in [-0.2, -0.15) is 0 Å². The predicted octanol–water partition coefficient (Wildman–Crippen LogP) is 4.00. The van der Waals surface area contributed by atoms with Gasteiger partial charge in [0.15, 0.2) is 0 Å². The second kappa shape index (κ2) is 4.05. The van der Waals surface area contributed by atoms with Crippen LogP contribution in [0.1, 0.15) is 19.4 Å². The number of allylic oxidation sites excluding steroid dienone is 2. The van der Waals surface area contributed by atoms with E-state index in [1.165, 1.54) is 5.56 Å². The van der Waals surface area contributed by atoms with Crippen molar-refractivity contribution in [3.8, 4) is 0 Å². The average Bonchev–Trinajstić information content (AvgIpc) is 2.17. The molecule has 0 aromatic heterocycles. The van der Waals surface area contributed by atoms with Crippen LogP contribution in [0.15, 0.2) is 54.0 Å². The molecule has 0 aliphatic carbocycles. The average molecular weight is 204 g/mol. The second-order valence-electron chi connectivity index (χ2n) is 3.87. The van der Waals surface area contributed by atoms with E-state index in [-0.39, 0.29) is 5.41 Å². The van der Waals surface area contributed by atoms with Gasteiger partial charge < -0.3 is 0 Å². The molecule has 0 atom stereocenters. The summed E-state index contributed by atoms with van der Waals surface area (Å²) in [6.45, 7) is 12.0. The SMILES string of the molecule is C=CC(=C)C(C)(C)c1ccccc1S. The minimum atomic E-state index is -0.0971. The summed E-state index contributed by atoms with van der Waals surface area (Å²) in [5.74, 6) is 0. The minimum absolute atomic E-state index is 0.0971. The highest BCUT2D eigenvalue weighted by molar-refractivity contribution is 7.80. The molecule has 1 rings (SSSR count). The largest absolute Gasteiger partial charge is 0.143 e. The summed E-state index contributed by atoms with van der Waals surface area (Å²) in [5, 5.41) is 0. The molecule has 14 heavy (non-hydrogen) atoms. The first kappa shape index (κ1) is 11.1. The predicted molar refractivity (Wildman–Crippen MR) is 66.1 cm³/mol. The summed E-state index contributed by atoms with van der Waals surface area (Å²) >= 11 is 4.45. The van der Waals surface area contributed by atoms with Crippen LogP contribution in [0.3, 0.4) is 0 Å². The zero-order valence-electron chi connectivity index (χ0n) is 8.75. The molecule has 0 aliphatic rings. The van der Waals surface area contributed by atoms with Gasteiger partial charge in [-0.25, -0.2) is 0 Å². The molecule has 0 saturated carbocycles. The molecular formula is C13H16S. The third kappa shape index (κ3) is 1.93. The van der Waals surface area contributed by atoms with Gasteiger partial charge in [-0.1, -0.05) is 51.3 Å². The molecule has 0 amide bonds. The van der Waals surface area contributed by atoms with Crippen molar-refractivity contribution in [2.45, 2.75) is 24.2 Å². The van der Waals surface area contributed by atoms with Crippen LogP contribution in [0.2, 0.25) is 0 Å². The molecule has 0 N–H and O–H groups in total. The van der Waals surface area contributed by atoms with E-state index in [9.17, 15) is 0 Å². The monoisotopic (exact) mass is 204 g/mol. The Balaban J connectivity index is 3.22. The van der Waals surface area contributed by atoms with Crippen molar-refractivity contribution < 1.29 is 0 Å². The molecule has 1 aromatic carbocycles. The summed E-state index contributed by atoms with van der Waals surface area (Å²) < 4.78 is 0. The Labute approximate surface area is 91.8 Å². The van der Waals surface area contributed by atoms with Gasteiger partial charge in [-0.3, -0.25) is 0 Å². The molecule has 0 radical (unpaired) electrons. The maximum Gasteiger partial charge on any atom is 0.0151 e. The molecule has 0 heterocycles. The highest BCUT2D eigenvalue weighted by Gasteiger charge is 2.23. The van der Waals surface area contributed by atoms with E-state index >= 15 is 0 Å².